The van der Waals surface area contributed by atoms with E-state index in [9.17, 15) is 0 Å². The van der Waals surface area contributed by atoms with Crippen molar-refractivity contribution in [3.8, 4) is 11.5 Å². The summed E-state index contributed by atoms with van der Waals surface area (Å²) in [5.41, 5.74) is 5.13. The quantitative estimate of drug-likeness (QED) is 0.565. The predicted octanol–water partition coefficient (Wildman–Crippen LogP) is 6.18. The van der Waals surface area contributed by atoms with E-state index in [1.165, 1.54) is 5.56 Å². The number of aromatic nitrogens is 1. The zero-order valence-corrected chi connectivity index (χ0v) is 16.7. The Labute approximate surface area is 168 Å². The maximum Gasteiger partial charge on any atom is 0.146 e. The number of ether oxygens (including phenoxy) is 2. The number of nitrogens with zero attached hydrogens (tertiary/aromatic N) is 1. The van der Waals surface area contributed by atoms with Crippen LogP contribution in [-0.2, 0) is 12.8 Å². The summed E-state index contributed by atoms with van der Waals surface area (Å²) in [6.45, 7) is 0. The molecule has 0 bridgehead atoms. The third kappa shape index (κ3) is 3.40. The third-order valence-electron chi connectivity index (χ3n) is 4.96. The van der Waals surface area contributed by atoms with Crippen molar-refractivity contribution in [1.82, 2.24) is 4.98 Å². The number of methoxy groups -OCH3 is 2. The maximum absolute atomic E-state index is 6.36. The minimum Gasteiger partial charge on any atom is -0.495 e. The Morgan fingerprint density at radius 1 is 0.963 bits per heavy atom. The van der Waals surface area contributed by atoms with Gasteiger partial charge in [0.25, 0.3) is 0 Å². The van der Waals surface area contributed by atoms with Gasteiger partial charge in [0.05, 0.1) is 36.1 Å². The van der Waals surface area contributed by atoms with E-state index >= 15 is 0 Å². The van der Waals surface area contributed by atoms with E-state index in [0.717, 1.165) is 53.7 Å². The van der Waals surface area contributed by atoms with Gasteiger partial charge in [-0.3, -0.25) is 4.98 Å². The van der Waals surface area contributed by atoms with Crippen molar-refractivity contribution in [1.29, 1.82) is 0 Å². The van der Waals surface area contributed by atoms with Gasteiger partial charge in [0.1, 0.15) is 11.5 Å². The monoisotopic (exact) mass is 402 g/mol. The highest BCUT2D eigenvalue weighted by atomic mass is 35.5. The Kier molecular flexibility index (Phi) is 5.02. The Balaban J connectivity index is 1.91. The molecular weight excluding hydrogens is 383 g/mol. The average Bonchev–Trinajstić information content (AvgIpc) is 2.68. The van der Waals surface area contributed by atoms with Crippen LogP contribution in [0.15, 0.2) is 30.3 Å². The van der Waals surface area contributed by atoms with Crippen LogP contribution in [0, 0.1) is 0 Å². The summed E-state index contributed by atoms with van der Waals surface area (Å²) in [5.74, 6) is 1.23. The molecule has 0 atom stereocenters. The van der Waals surface area contributed by atoms with Crippen LogP contribution in [0.2, 0.25) is 10.0 Å². The van der Waals surface area contributed by atoms with Gasteiger partial charge in [-0.1, -0.05) is 23.2 Å². The van der Waals surface area contributed by atoms with Gasteiger partial charge in [-0.2, -0.15) is 0 Å². The van der Waals surface area contributed by atoms with Crippen LogP contribution in [0.1, 0.15) is 24.1 Å². The molecule has 140 valence electrons. The highest BCUT2D eigenvalue weighted by molar-refractivity contribution is 6.32. The standard InChI is InChI=1S/C21H20Cl2N2O2/c1-26-19-11-20(27-2)18(10-15(19)23)25-21-13-5-3-4-6-16(13)24-17-8-7-12(22)9-14(17)21/h7-11H,3-6H2,1-2H3,(H,24,25). The SMILES string of the molecule is COc1cc(OC)c(Nc2c3c(nc4ccc(Cl)cc24)CCCC3)cc1Cl. The number of benzene rings is 2. The lowest BCUT2D eigenvalue weighted by Crippen LogP contribution is -2.10. The fraction of sp³-hybridized carbons (Fsp3) is 0.286. The Morgan fingerprint density at radius 2 is 1.74 bits per heavy atom. The molecular formula is C21H20Cl2N2O2. The van der Waals surface area contributed by atoms with E-state index in [0.29, 0.717) is 21.5 Å². The second-order valence-electron chi connectivity index (χ2n) is 6.59. The second-order valence-corrected chi connectivity index (χ2v) is 7.44. The maximum atomic E-state index is 6.36. The molecule has 0 fully saturated rings. The zero-order chi connectivity index (χ0) is 19.0. The fourth-order valence-electron chi connectivity index (χ4n) is 3.63. The molecule has 1 heterocycles. The molecule has 0 saturated carbocycles. The molecule has 1 aliphatic carbocycles. The lowest BCUT2D eigenvalue weighted by molar-refractivity contribution is 0.396. The van der Waals surface area contributed by atoms with E-state index < -0.39 is 0 Å². The molecule has 0 spiro atoms. The van der Waals surface area contributed by atoms with E-state index in [1.807, 2.05) is 24.3 Å². The first-order chi connectivity index (χ1) is 13.1. The number of hydrogen-bond acceptors (Lipinski definition) is 4. The molecule has 2 aromatic carbocycles. The number of anilines is 2. The molecule has 27 heavy (non-hydrogen) atoms. The number of pyridine rings is 1. The van der Waals surface area contributed by atoms with Crippen molar-refractivity contribution in [2.24, 2.45) is 0 Å². The molecule has 3 aromatic rings. The van der Waals surface area contributed by atoms with Crippen LogP contribution in [-0.4, -0.2) is 19.2 Å². The number of nitrogens with one attached hydrogen (secondary N) is 1. The molecule has 0 amide bonds. The number of rotatable bonds is 4. The lowest BCUT2D eigenvalue weighted by atomic mass is 9.92. The normalized spacial score (nSPS) is 13.3. The first-order valence-electron chi connectivity index (χ1n) is 8.90. The average molecular weight is 403 g/mol. The summed E-state index contributed by atoms with van der Waals surface area (Å²) in [6.07, 6.45) is 4.29. The Morgan fingerprint density at radius 3 is 2.52 bits per heavy atom. The van der Waals surface area contributed by atoms with Crippen LogP contribution in [0.3, 0.4) is 0 Å². The minimum absolute atomic E-state index is 0.520. The molecule has 0 radical (unpaired) electrons. The van der Waals surface area contributed by atoms with Gasteiger partial charge in [0, 0.05) is 22.2 Å². The molecule has 0 aliphatic heterocycles. The van der Waals surface area contributed by atoms with E-state index in [4.69, 9.17) is 37.7 Å². The third-order valence-corrected chi connectivity index (χ3v) is 5.49. The van der Waals surface area contributed by atoms with Crippen molar-refractivity contribution < 1.29 is 9.47 Å². The Hall–Kier alpha value is -2.17. The summed E-state index contributed by atoms with van der Waals surface area (Å²) < 4.78 is 10.9. The van der Waals surface area contributed by atoms with Crippen LogP contribution in [0.5, 0.6) is 11.5 Å². The van der Waals surface area contributed by atoms with Gasteiger partial charge < -0.3 is 14.8 Å². The van der Waals surface area contributed by atoms with Gasteiger partial charge >= 0.3 is 0 Å². The first kappa shape index (κ1) is 18.2. The van der Waals surface area contributed by atoms with Crippen molar-refractivity contribution in [2.45, 2.75) is 25.7 Å². The van der Waals surface area contributed by atoms with Crippen LogP contribution in [0.25, 0.3) is 10.9 Å². The number of aryl methyl sites for hydroxylation is 1. The predicted molar refractivity (Wildman–Crippen MR) is 111 cm³/mol. The van der Waals surface area contributed by atoms with Crippen molar-refractivity contribution >= 4 is 45.5 Å². The lowest BCUT2D eigenvalue weighted by Gasteiger charge is -2.23. The van der Waals surface area contributed by atoms with Gasteiger partial charge in [-0.05, 0) is 55.5 Å². The molecule has 0 unspecified atom stereocenters. The summed E-state index contributed by atoms with van der Waals surface area (Å²) in [5, 5.41) is 5.75. The minimum atomic E-state index is 0.520. The van der Waals surface area contributed by atoms with Crippen molar-refractivity contribution in [3.05, 3.63) is 51.6 Å². The van der Waals surface area contributed by atoms with Gasteiger partial charge in [-0.25, -0.2) is 0 Å². The van der Waals surface area contributed by atoms with Crippen LogP contribution >= 0.6 is 23.2 Å². The molecule has 1 N–H and O–H groups in total. The molecule has 4 rings (SSSR count). The first-order valence-corrected chi connectivity index (χ1v) is 9.66. The van der Waals surface area contributed by atoms with E-state index in [2.05, 4.69) is 5.32 Å². The molecule has 6 heteroatoms. The summed E-state index contributed by atoms with van der Waals surface area (Å²) in [6, 6.07) is 9.41. The molecule has 1 aliphatic rings. The van der Waals surface area contributed by atoms with Gasteiger partial charge in [0.15, 0.2) is 0 Å². The summed E-state index contributed by atoms with van der Waals surface area (Å²) in [4.78, 5) is 4.87. The molecule has 0 saturated heterocycles. The van der Waals surface area contributed by atoms with Gasteiger partial charge in [0.2, 0.25) is 0 Å². The van der Waals surface area contributed by atoms with E-state index in [-0.39, 0.29) is 0 Å². The zero-order valence-electron chi connectivity index (χ0n) is 15.2. The largest absolute Gasteiger partial charge is 0.495 e. The van der Waals surface area contributed by atoms with E-state index in [1.54, 1.807) is 20.3 Å². The summed E-state index contributed by atoms with van der Waals surface area (Å²) in [7, 11) is 3.22. The number of halogens is 2. The van der Waals surface area contributed by atoms with Crippen LogP contribution < -0.4 is 14.8 Å². The molecule has 4 nitrogen and oxygen atoms in total. The Bertz CT molecular complexity index is 1020. The summed E-state index contributed by atoms with van der Waals surface area (Å²) >= 11 is 12.6. The number of hydrogen-bond donors (Lipinski definition) is 1. The number of fused-ring (bicyclic) bond motifs is 2. The smallest absolute Gasteiger partial charge is 0.146 e. The van der Waals surface area contributed by atoms with Gasteiger partial charge in [-0.15, -0.1) is 0 Å². The van der Waals surface area contributed by atoms with Crippen molar-refractivity contribution in [2.75, 3.05) is 19.5 Å². The highest BCUT2D eigenvalue weighted by Crippen LogP contribution is 2.41. The second kappa shape index (κ2) is 7.45. The topological polar surface area (TPSA) is 43.4 Å². The highest BCUT2D eigenvalue weighted by Gasteiger charge is 2.20. The fourth-order valence-corrected chi connectivity index (χ4v) is 4.04. The molecule has 1 aromatic heterocycles. The van der Waals surface area contributed by atoms with Crippen molar-refractivity contribution in [3.63, 3.8) is 0 Å². The van der Waals surface area contributed by atoms with Crippen LogP contribution in [0.4, 0.5) is 11.4 Å².